The van der Waals surface area contributed by atoms with E-state index in [9.17, 15) is 9.59 Å². The lowest BCUT2D eigenvalue weighted by Gasteiger charge is -2.34. The summed E-state index contributed by atoms with van der Waals surface area (Å²) in [5, 5.41) is 6.23. The first-order valence-electron chi connectivity index (χ1n) is 10.0. The van der Waals surface area contributed by atoms with Crippen molar-refractivity contribution < 1.29 is 9.59 Å². The molecule has 1 saturated heterocycles. The summed E-state index contributed by atoms with van der Waals surface area (Å²) in [5.41, 5.74) is 4.00. The summed E-state index contributed by atoms with van der Waals surface area (Å²) in [5.74, 6) is 0.513. The standard InChI is InChI=1S/C22H28ClN5O2/c1-15-10-16(2)22(17(3)11-15)26-20(29)13-25-21(30)14-27-6-8-28(9-7-27)19-5-4-18(23)12-24-19/h4-5,10-12H,6-9,13-14H2,1-3H3,(H,25,30)(H,26,29). The average Bonchev–Trinajstić information content (AvgIpc) is 2.70. The minimum atomic E-state index is -0.225. The number of pyridine rings is 1. The molecule has 0 unspecified atom stereocenters. The minimum absolute atomic E-state index is 0.0414. The predicted molar refractivity (Wildman–Crippen MR) is 120 cm³/mol. The molecule has 0 saturated carbocycles. The second kappa shape index (κ2) is 9.91. The molecule has 0 bridgehead atoms. The number of piperazine rings is 1. The molecule has 1 fully saturated rings. The lowest BCUT2D eigenvalue weighted by atomic mass is 10.1. The van der Waals surface area contributed by atoms with Crippen LogP contribution < -0.4 is 15.5 Å². The lowest BCUT2D eigenvalue weighted by Crippen LogP contribution is -2.50. The van der Waals surface area contributed by atoms with Crippen LogP contribution in [0.15, 0.2) is 30.5 Å². The molecule has 0 aliphatic carbocycles. The highest BCUT2D eigenvalue weighted by Gasteiger charge is 2.20. The third kappa shape index (κ3) is 5.93. The van der Waals surface area contributed by atoms with Gasteiger partial charge in [0.1, 0.15) is 5.82 Å². The number of amides is 2. The van der Waals surface area contributed by atoms with Crippen molar-refractivity contribution in [2.24, 2.45) is 0 Å². The highest BCUT2D eigenvalue weighted by atomic mass is 35.5. The van der Waals surface area contributed by atoms with Gasteiger partial charge >= 0.3 is 0 Å². The fourth-order valence-corrected chi connectivity index (χ4v) is 3.80. The Balaban J connectivity index is 1.41. The molecule has 1 aliphatic heterocycles. The van der Waals surface area contributed by atoms with Crippen LogP contribution >= 0.6 is 11.6 Å². The smallest absolute Gasteiger partial charge is 0.243 e. The summed E-state index contributed by atoms with van der Waals surface area (Å²) < 4.78 is 0. The van der Waals surface area contributed by atoms with E-state index in [4.69, 9.17) is 11.6 Å². The number of carbonyl (C=O) groups excluding carboxylic acids is 2. The summed E-state index contributed by atoms with van der Waals surface area (Å²) >= 11 is 5.89. The Morgan fingerprint density at radius 1 is 1.03 bits per heavy atom. The van der Waals surface area contributed by atoms with E-state index in [0.717, 1.165) is 54.4 Å². The van der Waals surface area contributed by atoms with Gasteiger partial charge in [0.2, 0.25) is 11.8 Å². The van der Waals surface area contributed by atoms with Gasteiger partial charge in [0, 0.05) is 38.1 Å². The number of benzene rings is 1. The van der Waals surface area contributed by atoms with E-state index in [1.807, 2.05) is 45.0 Å². The molecule has 7 nitrogen and oxygen atoms in total. The Hall–Kier alpha value is -2.64. The summed E-state index contributed by atoms with van der Waals surface area (Å²) in [6, 6.07) is 7.79. The van der Waals surface area contributed by atoms with Crippen LogP contribution in [0, 0.1) is 20.8 Å². The van der Waals surface area contributed by atoms with Gasteiger partial charge in [0.25, 0.3) is 0 Å². The van der Waals surface area contributed by atoms with E-state index in [1.54, 1.807) is 6.20 Å². The van der Waals surface area contributed by atoms with Crippen molar-refractivity contribution in [1.82, 2.24) is 15.2 Å². The number of anilines is 2. The molecule has 0 radical (unpaired) electrons. The monoisotopic (exact) mass is 429 g/mol. The Morgan fingerprint density at radius 3 is 2.30 bits per heavy atom. The van der Waals surface area contributed by atoms with Gasteiger partial charge in [0.05, 0.1) is 18.1 Å². The number of nitrogens with one attached hydrogen (secondary N) is 2. The molecule has 2 amide bonds. The number of hydrogen-bond acceptors (Lipinski definition) is 5. The van der Waals surface area contributed by atoms with Gasteiger partial charge in [-0.3, -0.25) is 14.5 Å². The SMILES string of the molecule is Cc1cc(C)c(NC(=O)CNC(=O)CN2CCN(c3ccc(Cl)cn3)CC2)c(C)c1. The highest BCUT2D eigenvalue weighted by Crippen LogP contribution is 2.21. The van der Waals surface area contributed by atoms with E-state index < -0.39 is 0 Å². The van der Waals surface area contributed by atoms with Crippen molar-refractivity contribution in [1.29, 1.82) is 0 Å². The first-order valence-corrected chi connectivity index (χ1v) is 10.4. The number of hydrogen-bond donors (Lipinski definition) is 2. The molecule has 0 spiro atoms. The average molecular weight is 430 g/mol. The Morgan fingerprint density at radius 2 is 1.70 bits per heavy atom. The normalized spacial score (nSPS) is 14.5. The van der Waals surface area contributed by atoms with Gasteiger partial charge in [-0.05, 0) is 44.0 Å². The number of rotatable bonds is 6. The van der Waals surface area contributed by atoms with Gasteiger partial charge in [0.15, 0.2) is 0 Å². The summed E-state index contributed by atoms with van der Waals surface area (Å²) in [6.07, 6.45) is 1.64. The van der Waals surface area contributed by atoms with Crippen molar-refractivity contribution in [2.45, 2.75) is 20.8 Å². The molecule has 0 atom stereocenters. The number of aromatic nitrogens is 1. The molecular formula is C22H28ClN5O2. The largest absolute Gasteiger partial charge is 0.354 e. The Labute approximate surface area is 182 Å². The van der Waals surface area contributed by atoms with Gasteiger partial charge in [-0.15, -0.1) is 0 Å². The maximum absolute atomic E-state index is 12.3. The molecule has 1 aromatic heterocycles. The molecule has 160 valence electrons. The maximum atomic E-state index is 12.3. The summed E-state index contributed by atoms with van der Waals surface area (Å²) in [7, 11) is 0. The van der Waals surface area contributed by atoms with Crippen LogP contribution in [0.25, 0.3) is 0 Å². The van der Waals surface area contributed by atoms with Crippen molar-refractivity contribution in [3.05, 3.63) is 52.2 Å². The van der Waals surface area contributed by atoms with E-state index >= 15 is 0 Å². The van der Waals surface area contributed by atoms with E-state index in [-0.39, 0.29) is 24.9 Å². The van der Waals surface area contributed by atoms with Crippen molar-refractivity contribution in [2.75, 3.05) is 49.5 Å². The summed E-state index contributed by atoms with van der Waals surface area (Å²) in [6.45, 7) is 9.27. The predicted octanol–water partition coefficient (Wildman–Crippen LogP) is 2.54. The molecule has 1 aromatic carbocycles. The topological polar surface area (TPSA) is 77.6 Å². The number of carbonyl (C=O) groups is 2. The van der Waals surface area contributed by atoms with Crippen LogP contribution in [0.2, 0.25) is 5.02 Å². The molecule has 2 aromatic rings. The van der Waals surface area contributed by atoms with Crippen LogP contribution in [-0.2, 0) is 9.59 Å². The van der Waals surface area contributed by atoms with E-state index in [1.165, 1.54) is 0 Å². The first kappa shape index (κ1) is 22.1. The third-order valence-electron chi connectivity index (χ3n) is 5.16. The lowest BCUT2D eigenvalue weighted by molar-refractivity contribution is -0.125. The van der Waals surface area contributed by atoms with Crippen LogP contribution in [0.1, 0.15) is 16.7 Å². The number of nitrogens with zero attached hydrogens (tertiary/aromatic N) is 3. The molecule has 2 heterocycles. The molecule has 30 heavy (non-hydrogen) atoms. The minimum Gasteiger partial charge on any atom is -0.354 e. The number of halogens is 1. The van der Waals surface area contributed by atoms with Crippen molar-refractivity contribution >= 4 is 34.9 Å². The molecule has 3 rings (SSSR count). The fourth-order valence-electron chi connectivity index (χ4n) is 3.69. The van der Waals surface area contributed by atoms with Crippen molar-refractivity contribution in [3.8, 4) is 0 Å². The highest BCUT2D eigenvalue weighted by molar-refractivity contribution is 6.30. The zero-order valence-corrected chi connectivity index (χ0v) is 18.4. The second-order valence-electron chi connectivity index (χ2n) is 7.70. The van der Waals surface area contributed by atoms with Crippen LogP contribution in [0.4, 0.5) is 11.5 Å². The fraction of sp³-hybridized carbons (Fsp3) is 0.409. The zero-order chi connectivity index (χ0) is 21.7. The van der Waals surface area contributed by atoms with Crippen LogP contribution in [0.5, 0.6) is 0 Å². The quantitative estimate of drug-likeness (QED) is 0.737. The van der Waals surface area contributed by atoms with E-state index in [0.29, 0.717) is 5.02 Å². The summed E-state index contributed by atoms with van der Waals surface area (Å²) in [4.78, 5) is 33.1. The maximum Gasteiger partial charge on any atom is 0.243 e. The zero-order valence-electron chi connectivity index (χ0n) is 17.7. The molecule has 1 aliphatic rings. The van der Waals surface area contributed by atoms with Gasteiger partial charge in [-0.1, -0.05) is 29.3 Å². The first-order chi connectivity index (χ1) is 14.3. The molecular weight excluding hydrogens is 402 g/mol. The van der Waals surface area contributed by atoms with Crippen LogP contribution in [-0.4, -0.2) is 61.0 Å². The number of aryl methyl sites for hydroxylation is 3. The molecule has 2 N–H and O–H groups in total. The van der Waals surface area contributed by atoms with E-state index in [2.05, 4.69) is 25.4 Å². The van der Waals surface area contributed by atoms with Gasteiger partial charge < -0.3 is 15.5 Å². The molecule has 8 heteroatoms. The van der Waals surface area contributed by atoms with Crippen LogP contribution in [0.3, 0.4) is 0 Å². The third-order valence-corrected chi connectivity index (χ3v) is 5.39. The Kier molecular flexibility index (Phi) is 7.29. The second-order valence-corrected chi connectivity index (χ2v) is 8.13. The van der Waals surface area contributed by atoms with Gasteiger partial charge in [-0.2, -0.15) is 0 Å². The Bertz CT molecular complexity index is 885. The van der Waals surface area contributed by atoms with Gasteiger partial charge in [-0.25, -0.2) is 4.98 Å². The van der Waals surface area contributed by atoms with Crippen molar-refractivity contribution in [3.63, 3.8) is 0 Å².